The van der Waals surface area contributed by atoms with Crippen molar-refractivity contribution in [1.29, 1.82) is 0 Å². The maximum Gasteiger partial charge on any atom is 0.272 e. The molecule has 0 radical (unpaired) electrons. The molecule has 0 saturated heterocycles. The molecule has 2 aromatic rings. The van der Waals surface area contributed by atoms with Crippen molar-refractivity contribution in [3.8, 4) is 0 Å². The Hall–Kier alpha value is -2.33. The Kier molecular flexibility index (Phi) is 2.54. The Bertz CT molecular complexity index is 626. The largest absolute Gasteiger partial charge is 0.357 e. The summed E-state index contributed by atoms with van der Waals surface area (Å²) in [5, 5.41) is 4.60. The third-order valence-corrected chi connectivity index (χ3v) is 3.57. The number of carbonyl (C=O) groups excluding carboxylic acids is 1. The molecular weight excluding hydrogens is 238 g/mol. The number of nitrogens with two attached hydrogens (primary N) is 1. The first-order valence-electron chi connectivity index (χ1n) is 6.15. The van der Waals surface area contributed by atoms with Gasteiger partial charge in [-0.3, -0.25) is 4.79 Å². The molecule has 2 aromatic carbocycles. The molecule has 0 aromatic heterocycles. The summed E-state index contributed by atoms with van der Waals surface area (Å²) in [4.78, 5) is 12.4. The maximum absolute atomic E-state index is 12.4. The number of rotatable bonds is 1. The molecule has 1 atom stereocenters. The Labute approximate surface area is 111 Å². The summed E-state index contributed by atoms with van der Waals surface area (Å²) in [5.41, 5.74) is 1.60. The van der Waals surface area contributed by atoms with Crippen molar-refractivity contribution in [2.45, 2.75) is 12.6 Å². The summed E-state index contributed by atoms with van der Waals surface area (Å²) < 4.78 is 0. The lowest BCUT2D eigenvalue weighted by atomic mass is 9.95. The molecule has 96 valence electrons. The zero-order valence-corrected chi connectivity index (χ0v) is 10.6. The zero-order valence-electron chi connectivity index (χ0n) is 10.6. The first-order chi connectivity index (χ1) is 9.13. The standard InChI is InChI=1S/C15H15N3O/c1-15(11-7-3-2-4-8-11)17-13-10-6-5-9-12(13)14(19)18(15)16/h2-10,17H,16H2,1H3. The van der Waals surface area contributed by atoms with Crippen LogP contribution in [0.15, 0.2) is 54.6 Å². The number of nitrogens with zero attached hydrogens (tertiary/aromatic N) is 1. The molecule has 1 amide bonds. The number of benzene rings is 2. The number of hydrazine groups is 1. The highest BCUT2D eigenvalue weighted by Gasteiger charge is 2.40. The summed E-state index contributed by atoms with van der Waals surface area (Å²) in [6.45, 7) is 1.90. The fourth-order valence-electron chi connectivity index (χ4n) is 2.41. The normalized spacial score (nSPS) is 21.8. The van der Waals surface area contributed by atoms with Crippen molar-refractivity contribution in [1.82, 2.24) is 5.01 Å². The number of hydrogen-bond donors (Lipinski definition) is 2. The van der Waals surface area contributed by atoms with Crippen molar-refractivity contribution in [2.24, 2.45) is 5.84 Å². The second-order valence-electron chi connectivity index (χ2n) is 4.78. The third kappa shape index (κ3) is 1.69. The highest BCUT2D eigenvalue weighted by atomic mass is 16.2. The lowest BCUT2D eigenvalue weighted by Crippen LogP contribution is -2.59. The molecular formula is C15H15N3O. The Morgan fingerprint density at radius 1 is 1.05 bits per heavy atom. The van der Waals surface area contributed by atoms with E-state index in [1.54, 1.807) is 6.07 Å². The molecule has 3 rings (SSSR count). The van der Waals surface area contributed by atoms with Crippen LogP contribution < -0.4 is 11.2 Å². The summed E-state index contributed by atoms with van der Waals surface area (Å²) >= 11 is 0. The van der Waals surface area contributed by atoms with Crippen molar-refractivity contribution in [2.75, 3.05) is 5.32 Å². The molecule has 0 fully saturated rings. The average molecular weight is 253 g/mol. The summed E-state index contributed by atoms with van der Waals surface area (Å²) in [6, 6.07) is 17.1. The third-order valence-electron chi connectivity index (χ3n) is 3.57. The van der Waals surface area contributed by atoms with Gasteiger partial charge in [-0.05, 0) is 24.6 Å². The summed E-state index contributed by atoms with van der Waals surface area (Å²) in [7, 11) is 0. The zero-order chi connectivity index (χ0) is 13.5. The van der Waals surface area contributed by atoms with E-state index in [9.17, 15) is 4.79 Å². The predicted molar refractivity (Wildman–Crippen MR) is 74.2 cm³/mol. The number of carbonyl (C=O) groups is 1. The van der Waals surface area contributed by atoms with Gasteiger partial charge in [0.1, 0.15) is 0 Å². The minimum atomic E-state index is -0.743. The van der Waals surface area contributed by atoms with E-state index in [-0.39, 0.29) is 5.91 Å². The topological polar surface area (TPSA) is 58.4 Å². The Morgan fingerprint density at radius 2 is 1.68 bits per heavy atom. The minimum Gasteiger partial charge on any atom is -0.357 e. The van der Waals surface area contributed by atoms with Crippen LogP contribution in [0.2, 0.25) is 0 Å². The lowest BCUT2D eigenvalue weighted by Gasteiger charge is -2.43. The SMILES string of the molecule is CC1(c2ccccc2)Nc2ccccc2C(=O)N1N. The predicted octanol–water partition coefficient (Wildman–Crippen LogP) is 2.30. The van der Waals surface area contributed by atoms with Gasteiger partial charge in [0.25, 0.3) is 5.91 Å². The molecule has 19 heavy (non-hydrogen) atoms. The van der Waals surface area contributed by atoms with Gasteiger partial charge in [0.05, 0.1) is 5.56 Å². The highest BCUT2D eigenvalue weighted by Crippen LogP contribution is 2.35. The molecule has 4 heteroatoms. The van der Waals surface area contributed by atoms with Crippen LogP contribution in [0, 0.1) is 0 Å². The van der Waals surface area contributed by atoms with Crippen molar-refractivity contribution in [3.63, 3.8) is 0 Å². The highest BCUT2D eigenvalue weighted by molar-refractivity contribution is 6.01. The van der Waals surface area contributed by atoms with E-state index in [0.29, 0.717) is 5.56 Å². The summed E-state index contributed by atoms with van der Waals surface area (Å²) in [5.74, 6) is 5.85. The van der Waals surface area contributed by atoms with Crippen molar-refractivity contribution < 1.29 is 4.79 Å². The van der Waals surface area contributed by atoms with Gasteiger partial charge in [0, 0.05) is 5.69 Å². The average Bonchev–Trinajstić information content (AvgIpc) is 2.46. The number of hydrogen-bond acceptors (Lipinski definition) is 3. The minimum absolute atomic E-state index is 0.180. The first-order valence-corrected chi connectivity index (χ1v) is 6.15. The molecule has 0 bridgehead atoms. The van der Waals surface area contributed by atoms with E-state index >= 15 is 0 Å². The lowest BCUT2D eigenvalue weighted by molar-refractivity contribution is 0.0534. The molecule has 4 nitrogen and oxygen atoms in total. The molecule has 0 aliphatic carbocycles. The van der Waals surface area contributed by atoms with Gasteiger partial charge in [-0.1, -0.05) is 42.5 Å². The van der Waals surface area contributed by atoms with E-state index < -0.39 is 5.66 Å². The Morgan fingerprint density at radius 3 is 2.42 bits per heavy atom. The van der Waals surface area contributed by atoms with E-state index in [0.717, 1.165) is 11.3 Å². The van der Waals surface area contributed by atoms with Crippen LogP contribution in [-0.2, 0) is 5.66 Å². The molecule has 1 unspecified atom stereocenters. The van der Waals surface area contributed by atoms with Gasteiger partial charge < -0.3 is 5.32 Å². The van der Waals surface area contributed by atoms with Crippen LogP contribution in [-0.4, -0.2) is 10.9 Å². The van der Waals surface area contributed by atoms with Gasteiger partial charge in [-0.25, -0.2) is 10.9 Å². The van der Waals surface area contributed by atoms with E-state index in [2.05, 4.69) is 5.32 Å². The van der Waals surface area contributed by atoms with Gasteiger partial charge >= 0.3 is 0 Å². The van der Waals surface area contributed by atoms with E-state index in [1.165, 1.54) is 5.01 Å². The fourth-order valence-corrected chi connectivity index (χ4v) is 2.41. The smallest absolute Gasteiger partial charge is 0.272 e. The number of fused-ring (bicyclic) bond motifs is 1. The van der Waals surface area contributed by atoms with Crippen LogP contribution in [0.5, 0.6) is 0 Å². The first kappa shape index (κ1) is 11.7. The van der Waals surface area contributed by atoms with Crippen LogP contribution in [0.3, 0.4) is 0 Å². The second kappa shape index (κ2) is 4.10. The second-order valence-corrected chi connectivity index (χ2v) is 4.78. The van der Waals surface area contributed by atoms with Crippen LogP contribution >= 0.6 is 0 Å². The number of nitrogens with one attached hydrogen (secondary N) is 1. The quantitative estimate of drug-likeness (QED) is 0.605. The van der Waals surface area contributed by atoms with Crippen molar-refractivity contribution in [3.05, 3.63) is 65.7 Å². The van der Waals surface area contributed by atoms with Gasteiger partial charge in [-0.15, -0.1) is 0 Å². The van der Waals surface area contributed by atoms with Crippen LogP contribution in [0.25, 0.3) is 0 Å². The number of para-hydroxylation sites is 1. The van der Waals surface area contributed by atoms with Gasteiger partial charge in [-0.2, -0.15) is 0 Å². The number of amides is 1. The van der Waals surface area contributed by atoms with Gasteiger partial charge in [0.2, 0.25) is 0 Å². The monoisotopic (exact) mass is 253 g/mol. The van der Waals surface area contributed by atoms with Crippen LogP contribution in [0.4, 0.5) is 5.69 Å². The Balaban J connectivity index is 2.13. The molecule has 1 heterocycles. The van der Waals surface area contributed by atoms with Crippen LogP contribution in [0.1, 0.15) is 22.8 Å². The fraction of sp³-hybridized carbons (Fsp3) is 0.133. The van der Waals surface area contributed by atoms with E-state index in [4.69, 9.17) is 5.84 Å². The maximum atomic E-state index is 12.4. The molecule has 0 saturated carbocycles. The summed E-state index contributed by atoms with van der Waals surface area (Å²) in [6.07, 6.45) is 0. The number of anilines is 1. The molecule has 1 aliphatic rings. The molecule has 1 aliphatic heterocycles. The van der Waals surface area contributed by atoms with E-state index in [1.807, 2.05) is 55.5 Å². The van der Waals surface area contributed by atoms with Gasteiger partial charge in [0.15, 0.2) is 5.66 Å². The molecule has 3 N–H and O–H groups in total. The molecule has 0 spiro atoms. The van der Waals surface area contributed by atoms with Crippen molar-refractivity contribution >= 4 is 11.6 Å².